The van der Waals surface area contributed by atoms with E-state index in [1.54, 1.807) is 0 Å². The summed E-state index contributed by atoms with van der Waals surface area (Å²) in [6.45, 7) is 3.01. The third-order valence-electron chi connectivity index (χ3n) is 3.24. The molecule has 0 unspecified atom stereocenters. The van der Waals surface area contributed by atoms with Gasteiger partial charge in [0.2, 0.25) is 5.91 Å². The molecular weight excluding hydrogens is 289 g/mol. The molecule has 1 aliphatic carbocycles. The number of halogens is 3. The molecule has 2 atom stereocenters. The number of nitrogens with one attached hydrogen (secondary N) is 1. The summed E-state index contributed by atoms with van der Waals surface area (Å²) in [5, 5.41) is 10.1. The Morgan fingerprint density at radius 2 is 1.81 bits per heavy atom. The lowest BCUT2D eigenvalue weighted by Crippen LogP contribution is -2.48. The van der Waals surface area contributed by atoms with Crippen LogP contribution in [0.25, 0.3) is 0 Å². The molecule has 1 amide bonds. The molecule has 0 heterocycles. The maximum atomic E-state index is 11.5. The van der Waals surface area contributed by atoms with Crippen LogP contribution >= 0.6 is 0 Å². The second kappa shape index (κ2) is 9.59. The number of carboxylic acid groups (broad SMARTS) is 1. The van der Waals surface area contributed by atoms with Gasteiger partial charge >= 0.3 is 12.1 Å². The van der Waals surface area contributed by atoms with Crippen LogP contribution in [0.3, 0.4) is 0 Å². The fraction of sp³-hybridized carbons (Fsp3) is 0.846. The largest absolute Gasteiger partial charge is 0.490 e. The van der Waals surface area contributed by atoms with Gasteiger partial charge < -0.3 is 16.2 Å². The number of nitrogens with two attached hydrogens (primary N) is 1. The van der Waals surface area contributed by atoms with Gasteiger partial charge in [-0.25, -0.2) is 4.79 Å². The van der Waals surface area contributed by atoms with Gasteiger partial charge in [0, 0.05) is 12.6 Å². The number of unbranched alkanes of at least 4 members (excludes halogenated alkanes) is 3. The Balaban J connectivity index is 0.000000486. The van der Waals surface area contributed by atoms with Gasteiger partial charge in [0.1, 0.15) is 0 Å². The molecule has 124 valence electrons. The van der Waals surface area contributed by atoms with Crippen LogP contribution in [0.2, 0.25) is 0 Å². The maximum absolute atomic E-state index is 11.5. The molecule has 0 bridgehead atoms. The number of hydrogen-bond donors (Lipinski definition) is 3. The second-order valence-electron chi connectivity index (χ2n) is 5.00. The van der Waals surface area contributed by atoms with Crippen LogP contribution in [-0.2, 0) is 9.59 Å². The number of aliphatic carboxylic acids is 1. The van der Waals surface area contributed by atoms with E-state index in [9.17, 15) is 18.0 Å². The molecule has 0 spiro atoms. The van der Waals surface area contributed by atoms with E-state index in [2.05, 4.69) is 12.2 Å². The Bertz CT molecular complexity index is 335. The minimum Gasteiger partial charge on any atom is -0.475 e. The summed E-state index contributed by atoms with van der Waals surface area (Å²) in [7, 11) is 0. The van der Waals surface area contributed by atoms with Gasteiger partial charge in [-0.1, -0.05) is 26.2 Å². The molecule has 8 heteroatoms. The highest BCUT2D eigenvalue weighted by atomic mass is 19.4. The van der Waals surface area contributed by atoms with Crippen LogP contribution in [0.5, 0.6) is 0 Å². The third kappa shape index (κ3) is 8.54. The van der Waals surface area contributed by atoms with Gasteiger partial charge in [-0.05, 0) is 19.3 Å². The second-order valence-corrected chi connectivity index (χ2v) is 5.00. The molecule has 4 N–H and O–H groups in total. The van der Waals surface area contributed by atoms with Crippen LogP contribution < -0.4 is 11.1 Å². The van der Waals surface area contributed by atoms with Gasteiger partial charge in [0.05, 0.1) is 5.92 Å². The predicted octanol–water partition coefficient (Wildman–Crippen LogP) is 2.05. The van der Waals surface area contributed by atoms with Gasteiger partial charge in [0.25, 0.3) is 0 Å². The SMILES string of the molecule is CCCCCCNC(=O)[C@@H]1CC[C@@H]1N.O=C(O)C(F)(F)F. The smallest absolute Gasteiger partial charge is 0.475 e. The summed E-state index contributed by atoms with van der Waals surface area (Å²) in [5.41, 5.74) is 5.71. The topological polar surface area (TPSA) is 92.4 Å². The number of carboxylic acids is 1. The average Bonchev–Trinajstić information content (AvgIpc) is 2.36. The lowest BCUT2D eigenvalue weighted by atomic mass is 9.79. The number of carbonyl (C=O) groups is 2. The van der Waals surface area contributed by atoms with Crippen molar-refractivity contribution in [2.24, 2.45) is 11.7 Å². The molecule has 0 aliphatic heterocycles. The van der Waals surface area contributed by atoms with Crippen molar-refractivity contribution < 1.29 is 27.9 Å². The average molecular weight is 312 g/mol. The first-order valence-electron chi connectivity index (χ1n) is 7.03. The first-order valence-corrected chi connectivity index (χ1v) is 7.03. The lowest BCUT2D eigenvalue weighted by molar-refractivity contribution is -0.192. The molecular formula is C13H23F3N2O3. The Hall–Kier alpha value is -1.31. The van der Waals surface area contributed by atoms with Gasteiger partial charge in [-0.2, -0.15) is 13.2 Å². The molecule has 1 rings (SSSR count). The van der Waals surface area contributed by atoms with Crippen LogP contribution in [0.15, 0.2) is 0 Å². The molecule has 1 saturated carbocycles. The fourth-order valence-electron chi connectivity index (χ4n) is 1.75. The zero-order chi connectivity index (χ0) is 16.5. The van der Waals surface area contributed by atoms with E-state index in [4.69, 9.17) is 15.6 Å². The van der Waals surface area contributed by atoms with Crippen LogP contribution in [0, 0.1) is 5.92 Å². The number of rotatable bonds is 6. The molecule has 1 aliphatic rings. The summed E-state index contributed by atoms with van der Waals surface area (Å²) in [6.07, 6.45) is 1.71. The van der Waals surface area contributed by atoms with Crippen LogP contribution in [0.1, 0.15) is 45.4 Å². The Morgan fingerprint density at radius 1 is 1.24 bits per heavy atom. The van der Waals surface area contributed by atoms with Crippen molar-refractivity contribution in [1.82, 2.24) is 5.32 Å². The van der Waals surface area contributed by atoms with Crippen molar-refractivity contribution in [3.05, 3.63) is 0 Å². The van der Waals surface area contributed by atoms with Crippen LogP contribution in [-0.4, -0.2) is 35.7 Å². The fourth-order valence-corrected chi connectivity index (χ4v) is 1.75. The molecule has 0 aromatic rings. The van der Waals surface area contributed by atoms with Crippen molar-refractivity contribution in [2.75, 3.05) is 6.54 Å². The minimum atomic E-state index is -5.08. The molecule has 0 aromatic heterocycles. The maximum Gasteiger partial charge on any atom is 0.490 e. The highest BCUT2D eigenvalue weighted by Crippen LogP contribution is 2.25. The van der Waals surface area contributed by atoms with E-state index < -0.39 is 12.1 Å². The molecule has 1 fully saturated rings. The molecule has 5 nitrogen and oxygen atoms in total. The summed E-state index contributed by atoms with van der Waals surface area (Å²) in [4.78, 5) is 20.4. The zero-order valence-electron chi connectivity index (χ0n) is 12.1. The highest BCUT2D eigenvalue weighted by Gasteiger charge is 2.38. The summed E-state index contributed by atoms with van der Waals surface area (Å²) in [6, 6.07) is 0.116. The number of carbonyl (C=O) groups excluding carboxylic acids is 1. The van der Waals surface area contributed by atoms with E-state index in [1.807, 2.05) is 0 Å². The summed E-state index contributed by atoms with van der Waals surface area (Å²) < 4.78 is 31.7. The summed E-state index contributed by atoms with van der Waals surface area (Å²) in [5.74, 6) is -2.49. The predicted molar refractivity (Wildman–Crippen MR) is 71.5 cm³/mol. The van der Waals surface area contributed by atoms with E-state index >= 15 is 0 Å². The van der Waals surface area contributed by atoms with Crippen molar-refractivity contribution in [2.45, 2.75) is 57.7 Å². The van der Waals surface area contributed by atoms with Crippen molar-refractivity contribution in [3.63, 3.8) is 0 Å². The summed E-state index contributed by atoms with van der Waals surface area (Å²) >= 11 is 0. The van der Waals surface area contributed by atoms with E-state index in [-0.39, 0.29) is 17.9 Å². The number of amides is 1. The highest BCUT2D eigenvalue weighted by molar-refractivity contribution is 5.80. The first-order chi connectivity index (χ1) is 9.70. The normalized spacial score (nSPS) is 20.8. The number of hydrogen-bond acceptors (Lipinski definition) is 3. The van der Waals surface area contributed by atoms with Gasteiger partial charge in [-0.15, -0.1) is 0 Å². The van der Waals surface area contributed by atoms with Gasteiger partial charge in [0.15, 0.2) is 0 Å². The van der Waals surface area contributed by atoms with E-state index in [1.165, 1.54) is 19.3 Å². The van der Waals surface area contributed by atoms with Crippen LogP contribution in [0.4, 0.5) is 13.2 Å². The zero-order valence-corrected chi connectivity index (χ0v) is 12.1. The molecule has 0 radical (unpaired) electrons. The third-order valence-corrected chi connectivity index (χ3v) is 3.24. The van der Waals surface area contributed by atoms with Crippen molar-refractivity contribution >= 4 is 11.9 Å². The quantitative estimate of drug-likeness (QED) is 0.655. The van der Waals surface area contributed by atoms with Gasteiger partial charge in [-0.3, -0.25) is 4.79 Å². The lowest BCUT2D eigenvalue weighted by Gasteiger charge is -2.32. The molecule has 0 saturated heterocycles. The Morgan fingerprint density at radius 3 is 2.14 bits per heavy atom. The Labute approximate surface area is 122 Å². The minimum absolute atomic E-state index is 0.0983. The molecule has 0 aromatic carbocycles. The first kappa shape index (κ1) is 19.7. The standard InChI is InChI=1S/C11H22N2O.C2HF3O2/c1-2-3-4-5-8-13-11(14)9-6-7-10(9)12;3-2(4,5)1(6)7/h9-10H,2-8,12H2,1H3,(H,13,14);(H,6,7)/t9-,10+;/m1./s1. The van der Waals surface area contributed by atoms with Crippen molar-refractivity contribution in [3.8, 4) is 0 Å². The number of alkyl halides is 3. The monoisotopic (exact) mass is 312 g/mol. The molecule has 21 heavy (non-hydrogen) atoms. The van der Waals surface area contributed by atoms with E-state index in [0.717, 1.165) is 25.8 Å². The van der Waals surface area contributed by atoms with E-state index in [0.29, 0.717) is 0 Å². The Kier molecular flexibility index (Phi) is 9.00. The van der Waals surface area contributed by atoms with Crippen molar-refractivity contribution in [1.29, 1.82) is 0 Å².